The number of aryl methyl sites for hydroxylation is 1. The number of rotatable bonds is 2. The Bertz CT molecular complexity index is 293. The molecular formula is C7H11N3O2. The van der Waals surface area contributed by atoms with Crippen LogP contribution in [0.1, 0.15) is 16.2 Å². The van der Waals surface area contributed by atoms with E-state index in [1.54, 1.807) is 17.8 Å². The molecule has 0 aromatic carbocycles. The highest BCUT2D eigenvalue weighted by Crippen LogP contribution is 2.02. The Hall–Kier alpha value is -1.36. The Balaban J connectivity index is 2.96. The summed E-state index contributed by atoms with van der Waals surface area (Å²) >= 11 is 0. The minimum atomic E-state index is -0.440. The highest BCUT2D eigenvalue weighted by molar-refractivity contribution is 5.87. The van der Waals surface area contributed by atoms with E-state index in [0.717, 1.165) is 5.69 Å². The first-order chi connectivity index (χ1) is 5.69. The zero-order chi connectivity index (χ0) is 9.14. The van der Waals surface area contributed by atoms with Crippen molar-refractivity contribution in [1.29, 1.82) is 0 Å². The third-order valence-corrected chi connectivity index (χ3v) is 1.58. The van der Waals surface area contributed by atoms with Crippen LogP contribution >= 0.6 is 0 Å². The van der Waals surface area contributed by atoms with Crippen LogP contribution in [0.2, 0.25) is 0 Å². The molecule has 0 aliphatic carbocycles. The normalized spacial score (nSPS) is 9.92. The summed E-state index contributed by atoms with van der Waals surface area (Å²) < 4.78 is 6.06. The number of carbonyl (C=O) groups is 1. The van der Waals surface area contributed by atoms with Crippen LogP contribution in [0.25, 0.3) is 0 Å². The summed E-state index contributed by atoms with van der Waals surface area (Å²) in [5.41, 5.74) is 6.49. The lowest BCUT2D eigenvalue weighted by atomic mass is 10.3. The van der Waals surface area contributed by atoms with Crippen LogP contribution in [-0.2, 0) is 18.3 Å². The van der Waals surface area contributed by atoms with Gasteiger partial charge in [0.15, 0.2) is 5.69 Å². The first-order valence-corrected chi connectivity index (χ1v) is 3.50. The molecule has 1 aromatic rings. The molecule has 0 atom stereocenters. The van der Waals surface area contributed by atoms with Crippen LogP contribution < -0.4 is 5.73 Å². The van der Waals surface area contributed by atoms with Crippen molar-refractivity contribution in [3.05, 3.63) is 17.5 Å². The van der Waals surface area contributed by atoms with E-state index in [-0.39, 0.29) is 0 Å². The van der Waals surface area contributed by atoms with Crippen molar-refractivity contribution in [3.63, 3.8) is 0 Å². The molecule has 1 rings (SSSR count). The molecule has 5 heteroatoms. The van der Waals surface area contributed by atoms with E-state index < -0.39 is 5.97 Å². The number of hydrogen-bond donors (Lipinski definition) is 1. The molecule has 0 unspecified atom stereocenters. The molecule has 2 N–H and O–H groups in total. The van der Waals surface area contributed by atoms with Gasteiger partial charge >= 0.3 is 5.97 Å². The molecule has 0 saturated carbocycles. The van der Waals surface area contributed by atoms with Gasteiger partial charge < -0.3 is 10.5 Å². The Kier molecular flexibility index (Phi) is 2.44. The minimum absolute atomic E-state index is 0.292. The fraction of sp³-hybridized carbons (Fsp3) is 0.429. The topological polar surface area (TPSA) is 70.1 Å². The van der Waals surface area contributed by atoms with E-state index >= 15 is 0 Å². The average Bonchev–Trinajstić information content (AvgIpc) is 2.45. The number of hydrogen-bond acceptors (Lipinski definition) is 4. The van der Waals surface area contributed by atoms with Gasteiger partial charge in [-0.05, 0) is 6.07 Å². The fourth-order valence-corrected chi connectivity index (χ4v) is 0.901. The predicted octanol–water partition coefficient (Wildman–Crippen LogP) is -0.335. The lowest BCUT2D eigenvalue weighted by Gasteiger charge is -1.93. The van der Waals surface area contributed by atoms with Crippen molar-refractivity contribution in [2.75, 3.05) is 7.11 Å². The smallest absolute Gasteiger partial charge is 0.358 e. The van der Waals surface area contributed by atoms with Crippen LogP contribution in [0.3, 0.4) is 0 Å². The largest absolute Gasteiger partial charge is 0.464 e. The maximum atomic E-state index is 11.0. The number of carbonyl (C=O) groups excluding carboxylic acids is 1. The third-order valence-electron chi connectivity index (χ3n) is 1.58. The molecule has 0 saturated heterocycles. The molecule has 12 heavy (non-hydrogen) atoms. The molecule has 0 bridgehead atoms. The van der Waals surface area contributed by atoms with E-state index in [0.29, 0.717) is 12.2 Å². The standard InChI is InChI=1S/C7H11N3O2/c1-10-5(4-8)3-6(9-10)7(11)12-2/h3H,4,8H2,1-2H3. The van der Waals surface area contributed by atoms with Crippen molar-refractivity contribution in [1.82, 2.24) is 9.78 Å². The first kappa shape index (κ1) is 8.73. The van der Waals surface area contributed by atoms with Crippen molar-refractivity contribution in [2.45, 2.75) is 6.54 Å². The lowest BCUT2D eigenvalue weighted by Crippen LogP contribution is -2.04. The summed E-state index contributed by atoms with van der Waals surface area (Å²) in [6.07, 6.45) is 0. The molecule has 0 radical (unpaired) electrons. The number of ether oxygens (including phenoxy) is 1. The van der Waals surface area contributed by atoms with Gasteiger partial charge in [-0.3, -0.25) is 4.68 Å². The lowest BCUT2D eigenvalue weighted by molar-refractivity contribution is 0.0593. The van der Waals surface area contributed by atoms with Gasteiger partial charge in [-0.15, -0.1) is 0 Å². The van der Waals surface area contributed by atoms with Crippen molar-refractivity contribution >= 4 is 5.97 Å². The van der Waals surface area contributed by atoms with E-state index in [1.807, 2.05) is 0 Å². The van der Waals surface area contributed by atoms with Crippen molar-refractivity contribution < 1.29 is 9.53 Å². The molecule has 1 heterocycles. The Labute approximate surface area is 70.1 Å². The van der Waals surface area contributed by atoms with E-state index in [4.69, 9.17) is 5.73 Å². The zero-order valence-electron chi connectivity index (χ0n) is 7.07. The molecule has 5 nitrogen and oxygen atoms in total. The highest BCUT2D eigenvalue weighted by atomic mass is 16.5. The number of nitrogens with zero attached hydrogens (tertiary/aromatic N) is 2. The Morgan fingerprint density at radius 2 is 2.50 bits per heavy atom. The summed E-state index contributed by atoms with van der Waals surface area (Å²) in [6, 6.07) is 1.62. The van der Waals surface area contributed by atoms with Crippen LogP contribution in [0.15, 0.2) is 6.07 Å². The van der Waals surface area contributed by atoms with Crippen molar-refractivity contribution in [3.8, 4) is 0 Å². The summed E-state index contributed by atoms with van der Waals surface area (Å²) in [5.74, 6) is -0.440. The maximum absolute atomic E-state index is 11.0. The molecule has 0 spiro atoms. The van der Waals surface area contributed by atoms with Gasteiger partial charge in [0.05, 0.1) is 12.8 Å². The molecule has 0 aliphatic rings. The second kappa shape index (κ2) is 3.36. The molecule has 0 fully saturated rings. The third kappa shape index (κ3) is 1.45. The van der Waals surface area contributed by atoms with Gasteiger partial charge in [0.2, 0.25) is 0 Å². The molecule has 66 valence electrons. The maximum Gasteiger partial charge on any atom is 0.358 e. The van der Waals surface area contributed by atoms with Crippen molar-refractivity contribution in [2.24, 2.45) is 12.8 Å². The van der Waals surface area contributed by atoms with E-state index in [9.17, 15) is 4.79 Å². The summed E-state index contributed by atoms with van der Waals surface area (Å²) in [7, 11) is 3.05. The number of methoxy groups -OCH3 is 1. The van der Waals surface area contributed by atoms with Crippen LogP contribution in [0.5, 0.6) is 0 Å². The zero-order valence-corrected chi connectivity index (χ0v) is 7.07. The minimum Gasteiger partial charge on any atom is -0.464 e. The Morgan fingerprint density at radius 1 is 1.83 bits per heavy atom. The van der Waals surface area contributed by atoms with Crippen LogP contribution in [0.4, 0.5) is 0 Å². The monoisotopic (exact) mass is 169 g/mol. The molecule has 0 amide bonds. The van der Waals surface area contributed by atoms with Gasteiger partial charge in [0.25, 0.3) is 0 Å². The second-order valence-corrected chi connectivity index (χ2v) is 2.34. The molecule has 0 aliphatic heterocycles. The first-order valence-electron chi connectivity index (χ1n) is 3.50. The molecule has 1 aromatic heterocycles. The van der Waals surface area contributed by atoms with Gasteiger partial charge in [-0.25, -0.2) is 4.79 Å². The molecular weight excluding hydrogens is 158 g/mol. The summed E-state index contributed by atoms with van der Waals surface area (Å²) in [4.78, 5) is 11.0. The summed E-state index contributed by atoms with van der Waals surface area (Å²) in [5, 5.41) is 3.91. The van der Waals surface area contributed by atoms with Gasteiger partial charge in [-0.2, -0.15) is 5.10 Å². The van der Waals surface area contributed by atoms with Crippen LogP contribution in [-0.4, -0.2) is 22.9 Å². The van der Waals surface area contributed by atoms with Crippen LogP contribution in [0, 0.1) is 0 Å². The van der Waals surface area contributed by atoms with Gasteiger partial charge in [-0.1, -0.05) is 0 Å². The average molecular weight is 169 g/mol. The van der Waals surface area contributed by atoms with E-state index in [2.05, 4.69) is 9.84 Å². The highest BCUT2D eigenvalue weighted by Gasteiger charge is 2.11. The SMILES string of the molecule is COC(=O)c1cc(CN)n(C)n1. The van der Waals surface area contributed by atoms with Gasteiger partial charge in [0, 0.05) is 13.6 Å². The Morgan fingerprint density at radius 3 is 2.92 bits per heavy atom. The van der Waals surface area contributed by atoms with E-state index in [1.165, 1.54) is 7.11 Å². The number of esters is 1. The quantitative estimate of drug-likeness (QED) is 0.615. The van der Waals surface area contributed by atoms with Gasteiger partial charge in [0.1, 0.15) is 0 Å². The second-order valence-electron chi connectivity index (χ2n) is 2.34. The predicted molar refractivity (Wildman–Crippen MR) is 42.4 cm³/mol. The summed E-state index contributed by atoms with van der Waals surface area (Å²) in [6.45, 7) is 0.362. The number of aromatic nitrogens is 2. The fourth-order valence-electron chi connectivity index (χ4n) is 0.901. The number of nitrogens with two attached hydrogens (primary N) is 1.